The normalized spacial score (nSPS) is 10.8. The van der Waals surface area contributed by atoms with Gasteiger partial charge in [-0.15, -0.1) is 0 Å². The van der Waals surface area contributed by atoms with Crippen LogP contribution in [0.4, 0.5) is 10.1 Å². The number of nitrogens with one attached hydrogen (secondary N) is 2. The van der Waals surface area contributed by atoms with E-state index in [2.05, 4.69) is 10.3 Å². The molecular formula is C15H12ClFN2. The average Bonchev–Trinajstić information content (AvgIpc) is 2.86. The third-order valence-electron chi connectivity index (χ3n) is 3.09. The summed E-state index contributed by atoms with van der Waals surface area (Å²) in [6, 6.07) is 12.7. The Balaban J connectivity index is 1.84. The Labute approximate surface area is 115 Å². The second kappa shape index (κ2) is 4.94. The lowest BCUT2D eigenvalue weighted by atomic mass is 10.1. The van der Waals surface area contributed by atoms with E-state index in [9.17, 15) is 4.39 Å². The van der Waals surface area contributed by atoms with Crippen molar-refractivity contribution in [3.05, 3.63) is 65.1 Å². The molecule has 3 aromatic rings. The van der Waals surface area contributed by atoms with Crippen LogP contribution < -0.4 is 5.32 Å². The van der Waals surface area contributed by atoms with E-state index in [4.69, 9.17) is 11.6 Å². The highest BCUT2D eigenvalue weighted by atomic mass is 35.5. The predicted octanol–water partition coefficient (Wildman–Crippen LogP) is 4.57. The molecule has 0 saturated carbocycles. The monoisotopic (exact) mass is 274 g/mol. The van der Waals surface area contributed by atoms with Crippen LogP contribution in [-0.2, 0) is 6.54 Å². The summed E-state index contributed by atoms with van der Waals surface area (Å²) in [6.07, 6.45) is 1.90. The number of anilines is 1. The smallest absolute Gasteiger partial charge is 0.147 e. The van der Waals surface area contributed by atoms with E-state index in [1.165, 1.54) is 6.07 Å². The molecule has 0 saturated heterocycles. The zero-order chi connectivity index (χ0) is 13.2. The third kappa shape index (κ3) is 2.42. The lowest BCUT2D eigenvalue weighted by Crippen LogP contribution is -2.01. The largest absolute Gasteiger partial charge is 0.379 e. The van der Waals surface area contributed by atoms with E-state index in [0.717, 1.165) is 16.5 Å². The second-order valence-corrected chi connectivity index (χ2v) is 4.77. The van der Waals surface area contributed by atoms with E-state index < -0.39 is 0 Å². The molecule has 0 radical (unpaired) electrons. The van der Waals surface area contributed by atoms with Crippen molar-refractivity contribution in [3.63, 3.8) is 0 Å². The van der Waals surface area contributed by atoms with Crippen LogP contribution in [0.25, 0.3) is 10.9 Å². The maximum absolute atomic E-state index is 13.7. The van der Waals surface area contributed by atoms with Gasteiger partial charge in [0.25, 0.3) is 0 Å². The minimum Gasteiger partial charge on any atom is -0.379 e. The molecule has 0 spiro atoms. The van der Waals surface area contributed by atoms with E-state index in [1.807, 2.05) is 30.5 Å². The first-order chi connectivity index (χ1) is 9.24. The lowest BCUT2D eigenvalue weighted by Gasteiger charge is -2.09. The number of benzene rings is 2. The Morgan fingerprint density at radius 3 is 2.89 bits per heavy atom. The molecule has 2 N–H and O–H groups in total. The Bertz CT molecular complexity index is 721. The molecule has 0 atom stereocenters. The van der Waals surface area contributed by atoms with Crippen LogP contribution in [0, 0.1) is 5.82 Å². The number of H-pyrrole nitrogens is 1. The minimum absolute atomic E-state index is 0.339. The Morgan fingerprint density at radius 1 is 1.16 bits per heavy atom. The summed E-state index contributed by atoms with van der Waals surface area (Å²) in [6.45, 7) is 0.563. The Morgan fingerprint density at radius 2 is 2.05 bits per heavy atom. The van der Waals surface area contributed by atoms with E-state index in [-0.39, 0.29) is 5.82 Å². The molecule has 0 aliphatic carbocycles. The van der Waals surface area contributed by atoms with Crippen LogP contribution in [0.3, 0.4) is 0 Å². The molecule has 2 nitrogen and oxygen atoms in total. The van der Waals surface area contributed by atoms with Gasteiger partial charge in [0.05, 0.1) is 5.69 Å². The number of fused-ring (bicyclic) bond motifs is 1. The van der Waals surface area contributed by atoms with Gasteiger partial charge in [-0.3, -0.25) is 0 Å². The van der Waals surface area contributed by atoms with Crippen molar-refractivity contribution in [3.8, 4) is 0 Å². The third-order valence-corrected chi connectivity index (χ3v) is 3.32. The summed E-state index contributed by atoms with van der Waals surface area (Å²) in [7, 11) is 0. The van der Waals surface area contributed by atoms with Crippen LogP contribution in [0.2, 0.25) is 5.02 Å². The van der Waals surface area contributed by atoms with Gasteiger partial charge in [0.15, 0.2) is 0 Å². The molecule has 0 aliphatic heterocycles. The van der Waals surface area contributed by atoms with Crippen LogP contribution in [-0.4, -0.2) is 4.98 Å². The summed E-state index contributed by atoms with van der Waals surface area (Å²) >= 11 is 5.73. The fourth-order valence-corrected chi connectivity index (χ4v) is 2.29. The lowest BCUT2D eigenvalue weighted by molar-refractivity contribution is 0.630. The first-order valence-electron chi connectivity index (χ1n) is 5.98. The summed E-state index contributed by atoms with van der Waals surface area (Å²) in [5, 5.41) is 4.63. The number of aromatic amines is 1. The zero-order valence-electron chi connectivity index (χ0n) is 10.1. The van der Waals surface area contributed by atoms with E-state index >= 15 is 0 Å². The predicted molar refractivity (Wildman–Crippen MR) is 77.0 cm³/mol. The van der Waals surface area contributed by atoms with Crippen LogP contribution in [0.1, 0.15) is 5.56 Å². The zero-order valence-corrected chi connectivity index (χ0v) is 10.8. The van der Waals surface area contributed by atoms with Gasteiger partial charge in [-0.2, -0.15) is 0 Å². The van der Waals surface area contributed by atoms with Gasteiger partial charge in [-0.1, -0.05) is 23.7 Å². The molecule has 19 heavy (non-hydrogen) atoms. The molecule has 96 valence electrons. The summed E-state index contributed by atoms with van der Waals surface area (Å²) in [5.74, 6) is -0.339. The van der Waals surface area contributed by atoms with Gasteiger partial charge in [0.1, 0.15) is 5.82 Å². The number of rotatable bonds is 3. The van der Waals surface area contributed by atoms with Crippen molar-refractivity contribution in [2.24, 2.45) is 0 Å². The Kier molecular flexibility index (Phi) is 3.13. The Hall–Kier alpha value is -2.00. The van der Waals surface area contributed by atoms with Crippen molar-refractivity contribution in [2.75, 3.05) is 5.32 Å². The van der Waals surface area contributed by atoms with Crippen molar-refractivity contribution >= 4 is 28.2 Å². The van der Waals surface area contributed by atoms with Gasteiger partial charge in [-0.25, -0.2) is 4.39 Å². The number of hydrogen-bond donors (Lipinski definition) is 2. The summed E-state index contributed by atoms with van der Waals surface area (Å²) < 4.78 is 13.7. The molecule has 4 heteroatoms. The molecular weight excluding hydrogens is 263 g/mol. The first-order valence-corrected chi connectivity index (χ1v) is 6.36. The van der Waals surface area contributed by atoms with Crippen molar-refractivity contribution < 1.29 is 4.39 Å². The average molecular weight is 275 g/mol. The topological polar surface area (TPSA) is 27.8 Å². The van der Waals surface area contributed by atoms with Crippen molar-refractivity contribution in [1.29, 1.82) is 0 Å². The molecule has 0 aliphatic rings. The molecule has 3 rings (SSSR count). The van der Waals surface area contributed by atoms with E-state index in [0.29, 0.717) is 17.3 Å². The molecule has 0 unspecified atom stereocenters. The number of halogens is 2. The highest BCUT2D eigenvalue weighted by molar-refractivity contribution is 6.30. The molecule has 1 aromatic heterocycles. The minimum atomic E-state index is -0.339. The van der Waals surface area contributed by atoms with Crippen LogP contribution >= 0.6 is 11.6 Å². The van der Waals surface area contributed by atoms with Crippen LogP contribution in [0.15, 0.2) is 48.7 Å². The van der Waals surface area contributed by atoms with Gasteiger partial charge in [0, 0.05) is 28.7 Å². The fourth-order valence-electron chi connectivity index (χ4n) is 2.13. The second-order valence-electron chi connectivity index (χ2n) is 4.33. The fraction of sp³-hybridized carbons (Fsp3) is 0.0667. The van der Waals surface area contributed by atoms with Crippen LogP contribution in [0.5, 0.6) is 0 Å². The van der Waals surface area contributed by atoms with Gasteiger partial charge >= 0.3 is 0 Å². The number of aromatic nitrogens is 1. The quantitative estimate of drug-likeness (QED) is 0.719. The maximum Gasteiger partial charge on any atom is 0.147 e. The standard InChI is InChI=1S/C15H12ClFN2/c16-11-4-5-15(13(17)8-11)19-9-10-2-1-3-14-12(10)6-7-18-14/h1-8,18-19H,9H2. The molecule has 0 amide bonds. The molecule has 0 fully saturated rings. The highest BCUT2D eigenvalue weighted by Crippen LogP contribution is 2.22. The highest BCUT2D eigenvalue weighted by Gasteiger charge is 2.05. The van der Waals surface area contributed by atoms with Crippen molar-refractivity contribution in [1.82, 2.24) is 4.98 Å². The van der Waals surface area contributed by atoms with Gasteiger partial charge < -0.3 is 10.3 Å². The summed E-state index contributed by atoms with van der Waals surface area (Å²) in [4.78, 5) is 3.16. The summed E-state index contributed by atoms with van der Waals surface area (Å²) in [5.41, 5.74) is 2.65. The van der Waals surface area contributed by atoms with Gasteiger partial charge in [0.2, 0.25) is 0 Å². The van der Waals surface area contributed by atoms with E-state index in [1.54, 1.807) is 12.1 Å². The molecule has 1 heterocycles. The molecule has 0 bridgehead atoms. The first kappa shape index (κ1) is 12.1. The number of hydrogen-bond acceptors (Lipinski definition) is 1. The van der Waals surface area contributed by atoms with Crippen molar-refractivity contribution in [2.45, 2.75) is 6.54 Å². The van der Waals surface area contributed by atoms with Gasteiger partial charge in [-0.05, 0) is 35.9 Å². The molecule has 2 aromatic carbocycles. The maximum atomic E-state index is 13.7. The SMILES string of the molecule is Fc1cc(Cl)ccc1NCc1cccc2[nH]ccc12.